The first-order valence-electron chi connectivity index (χ1n) is 10.9. The van der Waals surface area contributed by atoms with Crippen LogP contribution in [-0.2, 0) is 19.1 Å². The summed E-state index contributed by atoms with van der Waals surface area (Å²) in [4.78, 5) is 52.0. The van der Waals surface area contributed by atoms with Crippen LogP contribution in [-0.4, -0.2) is 42.4 Å². The number of hydrogen-bond donors (Lipinski definition) is 2. The SMILES string of the molecule is Cc1ccc(C(=O)NC(C(=O)OCC(=O)N2c3ccccc3NC(=O)CC2C)C(C)C)cc1. The van der Waals surface area contributed by atoms with Gasteiger partial charge in [0.05, 0.1) is 11.4 Å². The smallest absolute Gasteiger partial charge is 0.329 e. The molecular weight excluding hydrogens is 422 g/mol. The molecule has 0 aliphatic carbocycles. The first-order valence-corrected chi connectivity index (χ1v) is 10.9. The van der Waals surface area contributed by atoms with Gasteiger partial charge < -0.3 is 20.3 Å². The maximum absolute atomic E-state index is 13.0. The standard InChI is InChI=1S/C25H29N3O5/c1-15(2)23(27-24(31)18-11-9-16(3)10-12-18)25(32)33-14-22(30)28-17(4)13-21(29)26-19-7-5-6-8-20(19)28/h5-12,15,17,23H,13-14H2,1-4H3,(H,26,29)(H,27,31). The van der Waals surface area contributed by atoms with Crippen LogP contribution in [0.1, 0.15) is 43.1 Å². The van der Waals surface area contributed by atoms with Crippen molar-refractivity contribution in [2.75, 3.05) is 16.8 Å². The minimum Gasteiger partial charge on any atom is -0.454 e. The van der Waals surface area contributed by atoms with E-state index in [4.69, 9.17) is 4.74 Å². The van der Waals surface area contributed by atoms with Crippen LogP contribution in [0.2, 0.25) is 0 Å². The van der Waals surface area contributed by atoms with Crippen molar-refractivity contribution in [1.29, 1.82) is 0 Å². The molecule has 0 saturated heterocycles. The molecule has 0 bridgehead atoms. The number of nitrogens with zero attached hydrogens (tertiary/aromatic N) is 1. The third kappa shape index (κ3) is 5.77. The Labute approximate surface area is 193 Å². The fourth-order valence-corrected chi connectivity index (χ4v) is 3.69. The second-order valence-electron chi connectivity index (χ2n) is 8.55. The van der Waals surface area contributed by atoms with Crippen molar-refractivity contribution in [3.05, 3.63) is 59.7 Å². The zero-order chi connectivity index (χ0) is 24.1. The molecule has 2 aromatic carbocycles. The van der Waals surface area contributed by atoms with Crippen LogP contribution in [0.5, 0.6) is 0 Å². The van der Waals surface area contributed by atoms with Gasteiger partial charge in [-0.1, -0.05) is 43.7 Å². The molecule has 174 valence electrons. The largest absolute Gasteiger partial charge is 0.454 e. The normalized spacial score (nSPS) is 16.3. The number of carbonyl (C=O) groups is 4. The van der Waals surface area contributed by atoms with E-state index in [2.05, 4.69) is 10.6 Å². The van der Waals surface area contributed by atoms with Crippen molar-refractivity contribution in [1.82, 2.24) is 5.32 Å². The molecule has 3 amide bonds. The van der Waals surface area contributed by atoms with E-state index in [0.717, 1.165) is 5.56 Å². The number of benzene rings is 2. The lowest BCUT2D eigenvalue weighted by atomic mass is 10.0. The van der Waals surface area contributed by atoms with Crippen molar-refractivity contribution in [3.63, 3.8) is 0 Å². The van der Waals surface area contributed by atoms with Crippen LogP contribution in [0.3, 0.4) is 0 Å². The second kappa shape index (κ2) is 10.3. The summed E-state index contributed by atoms with van der Waals surface area (Å²) in [6, 6.07) is 12.7. The molecule has 1 aliphatic heterocycles. The summed E-state index contributed by atoms with van der Waals surface area (Å²) >= 11 is 0. The van der Waals surface area contributed by atoms with Crippen LogP contribution in [0.15, 0.2) is 48.5 Å². The van der Waals surface area contributed by atoms with Gasteiger partial charge in [0.1, 0.15) is 6.04 Å². The number of nitrogens with one attached hydrogen (secondary N) is 2. The quantitative estimate of drug-likeness (QED) is 0.657. The molecule has 0 spiro atoms. The molecule has 2 unspecified atom stereocenters. The number of anilines is 2. The summed E-state index contributed by atoms with van der Waals surface area (Å²) in [7, 11) is 0. The van der Waals surface area contributed by atoms with E-state index in [-0.39, 0.29) is 18.2 Å². The van der Waals surface area contributed by atoms with Gasteiger partial charge in [0, 0.05) is 18.0 Å². The second-order valence-corrected chi connectivity index (χ2v) is 8.55. The fraction of sp³-hybridized carbons (Fsp3) is 0.360. The van der Waals surface area contributed by atoms with Crippen LogP contribution in [0.4, 0.5) is 11.4 Å². The Balaban J connectivity index is 1.68. The molecule has 1 heterocycles. The van der Waals surface area contributed by atoms with Gasteiger partial charge in [-0.3, -0.25) is 14.4 Å². The van der Waals surface area contributed by atoms with Gasteiger partial charge in [-0.05, 0) is 44.0 Å². The van der Waals surface area contributed by atoms with E-state index >= 15 is 0 Å². The van der Waals surface area contributed by atoms with Gasteiger partial charge >= 0.3 is 5.97 Å². The van der Waals surface area contributed by atoms with Gasteiger partial charge in [-0.15, -0.1) is 0 Å². The van der Waals surface area contributed by atoms with E-state index in [9.17, 15) is 19.2 Å². The summed E-state index contributed by atoms with van der Waals surface area (Å²) in [5.41, 5.74) is 2.52. The number of fused-ring (bicyclic) bond motifs is 1. The van der Waals surface area contributed by atoms with E-state index < -0.39 is 36.5 Å². The molecule has 3 rings (SSSR count). The number of esters is 1. The number of rotatable bonds is 6. The van der Waals surface area contributed by atoms with E-state index in [0.29, 0.717) is 16.9 Å². The first kappa shape index (κ1) is 24.0. The molecule has 0 fully saturated rings. The molecule has 0 radical (unpaired) electrons. The lowest BCUT2D eigenvalue weighted by Crippen LogP contribution is -2.47. The summed E-state index contributed by atoms with van der Waals surface area (Å²) < 4.78 is 5.32. The highest BCUT2D eigenvalue weighted by atomic mass is 16.5. The van der Waals surface area contributed by atoms with Crippen molar-refractivity contribution >= 4 is 35.1 Å². The summed E-state index contributed by atoms with van der Waals surface area (Å²) in [5, 5.41) is 5.49. The highest BCUT2D eigenvalue weighted by molar-refractivity contribution is 6.05. The third-order valence-electron chi connectivity index (χ3n) is 5.49. The minimum atomic E-state index is -0.913. The number of hydrogen-bond acceptors (Lipinski definition) is 5. The molecule has 0 aromatic heterocycles. The predicted octanol–water partition coefficient (Wildman–Crippen LogP) is 3.06. The molecule has 8 heteroatoms. The van der Waals surface area contributed by atoms with Crippen molar-refractivity contribution < 1.29 is 23.9 Å². The Bertz CT molecular complexity index is 1050. The highest BCUT2D eigenvalue weighted by Crippen LogP contribution is 2.31. The zero-order valence-corrected chi connectivity index (χ0v) is 19.3. The number of aryl methyl sites for hydroxylation is 1. The van der Waals surface area contributed by atoms with Crippen molar-refractivity contribution in [3.8, 4) is 0 Å². The van der Waals surface area contributed by atoms with Gasteiger partial charge in [0.15, 0.2) is 6.61 Å². The maximum Gasteiger partial charge on any atom is 0.329 e. The highest BCUT2D eigenvalue weighted by Gasteiger charge is 2.32. The minimum absolute atomic E-state index is 0.121. The average molecular weight is 452 g/mol. The third-order valence-corrected chi connectivity index (χ3v) is 5.49. The molecule has 2 aromatic rings. The number of ether oxygens (including phenoxy) is 1. The Morgan fingerprint density at radius 1 is 1.12 bits per heavy atom. The lowest BCUT2D eigenvalue weighted by molar-refractivity contribution is -0.150. The molecule has 2 N–H and O–H groups in total. The maximum atomic E-state index is 13.0. The Morgan fingerprint density at radius 3 is 2.45 bits per heavy atom. The Kier molecular flexibility index (Phi) is 7.48. The molecule has 1 aliphatic rings. The van der Waals surface area contributed by atoms with Crippen LogP contribution >= 0.6 is 0 Å². The van der Waals surface area contributed by atoms with Gasteiger partial charge in [0.25, 0.3) is 11.8 Å². The Morgan fingerprint density at radius 2 is 1.79 bits per heavy atom. The van der Waals surface area contributed by atoms with Crippen LogP contribution in [0.25, 0.3) is 0 Å². The lowest BCUT2D eigenvalue weighted by Gasteiger charge is -2.28. The van der Waals surface area contributed by atoms with E-state index in [1.54, 1.807) is 57.2 Å². The van der Waals surface area contributed by atoms with Crippen molar-refractivity contribution in [2.45, 2.75) is 46.2 Å². The van der Waals surface area contributed by atoms with Crippen LogP contribution < -0.4 is 15.5 Å². The zero-order valence-electron chi connectivity index (χ0n) is 19.3. The van der Waals surface area contributed by atoms with Gasteiger partial charge in [0.2, 0.25) is 5.91 Å². The number of para-hydroxylation sites is 2. The van der Waals surface area contributed by atoms with Crippen molar-refractivity contribution in [2.24, 2.45) is 5.92 Å². The molecule has 8 nitrogen and oxygen atoms in total. The predicted molar refractivity (Wildman–Crippen MR) is 125 cm³/mol. The van der Waals surface area contributed by atoms with E-state index in [1.807, 2.05) is 19.1 Å². The fourth-order valence-electron chi connectivity index (χ4n) is 3.69. The summed E-state index contributed by atoms with van der Waals surface area (Å²) in [5.74, 6) is -1.98. The average Bonchev–Trinajstić information content (AvgIpc) is 2.89. The van der Waals surface area contributed by atoms with Gasteiger partial charge in [-0.2, -0.15) is 0 Å². The van der Waals surface area contributed by atoms with Gasteiger partial charge in [-0.25, -0.2) is 4.79 Å². The molecule has 2 atom stereocenters. The molecular formula is C25H29N3O5. The topological polar surface area (TPSA) is 105 Å². The number of carbonyl (C=O) groups excluding carboxylic acids is 4. The number of amides is 3. The first-order chi connectivity index (χ1) is 15.7. The molecule has 0 saturated carbocycles. The summed E-state index contributed by atoms with van der Waals surface area (Å²) in [6.45, 7) is 6.75. The monoisotopic (exact) mass is 451 g/mol. The summed E-state index contributed by atoms with van der Waals surface area (Å²) in [6.07, 6.45) is 0.121. The molecule has 33 heavy (non-hydrogen) atoms. The van der Waals surface area contributed by atoms with E-state index in [1.165, 1.54) is 4.90 Å². The Hall–Kier alpha value is -3.68. The van der Waals surface area contributed by atoms with Crippen LogP contribution in [0, 0.1) is 12.8 Å².